The first-order valence-corrected chi connectivity index (χ1v) is 7.43. The Balaban J connectivity index is 2.95. The van der Waals surface area contributed by atoms with Crippen molar-refractivity contribution in [3.63, 3.8) is 0 Å². The van der Waals surface area contributed by atoms with Crippen molar-refractivity contribution in [2.24, 2.45) is 0 Å². The molecule has 1 aromatic heterocycles. The van der Waals surface area contributed by atoms with Gasteiger partial charge in [-0.25, -0.2) is 0 Å². The third-order valence-electron chi connectivity index (χ3n) is 3.32. The molecular formula is C15H28N2O2. The normalized spacial score (nSPS) is 13.2. The third-order valence-corrected chi connectivity index (χ3v) is 3.32. The number of hydrogen-bond acceptors (Lipinski definition) is 3. The highest BCUT2D eigenvalue weighted by molar-refractivity contribution is 5.29. The van der Waals surface area contributed by atoms with Crippen molar-refractivity contribution < 1.29 is 9.84 Å². The molecule has 19 heavy (non-hydrogen) atoms. The predicted octanol–water partition coefficient (Wildman–Crippen LogP) is 2.88. The van der Waals surface area contributed by atoms with Crippen LogP contribution in [-0.4, -0.2) is 27.6 Å². The van der Waals surface area contributed by atoms with E-state index in [2.05, 4.69) is 18.9 Å². The van der Waals surface area contributed by atoms with Crippen molar-refractivity contribution in [1.29, 1.82) is 0 Å². The van der Waals surface area contributed by atoms with Crippen molar-refractivity contribution in [2.75, 3.05) is 6.61 Å². The van der Waals surface area contributed by atoms with E-state index in [-0.39, 0.29) is 6.10 Å². The molecule has 0 fully saturated rings. The lowest BCUT2D eigenvalue weighted by Crippen LogP contribution is -2.14. The molecule has 4 nitrogen and oxygen atoms in total. The lowest BCUT2D eigenvalue weighted by Gasteiger charge is -2.12. The smallest absolute Gasteiger partial charge is 0.0823 e. The maximum atomic E-state index is 10.2. The molecule has 1 N–H and O–H groups in total. The number of ether oxygens (including phenoxy) is 1. The zero-order valence-electron chi connectivity index (χ0n) is 12.9. The second-order valence-corrected chi connectivity index (χ2v) is 5.08. The van der Waals surface area contributed by atoms with Crippen LogP contribution in [0.15, 0.2) is 0 Å². The van der Waals surface area contributed by atoms with Gasteiger partial charge in [0.25, 0.3) is 0 Å². The molecule has 0 amide bonds. The fourth-order valence-electron chi connectivity index (χ4n) is 2.35. The minimum atomic E-state index is -0.398. The summed E-state index contributed by atoms with van der Waals surface area (Å²) in [4.78, 5) is 0. The van der Waals surface area contributed by atoms with E-state index in [1.165, 1.54) is 0 Å². The summed E-state index contributed by atoms with van der Waals surface area (Å²) in [6, 6.07) is 0. The molecule has 0 aliphatic carbocycles. The topological polar surface area (TPSA) is 47.3 Å². The quantitative estimate of drug-likeness (QED) is 0.788. The fraction of sp³-hybridized carbons (Fsp3) is 0.800. The molecule has 0 saturated heterocycles. The minimum Gasteiger partial charge on any atom is -0.388 e. The molecule has 1 atom stereocenters. The van der Waals surface area contributed by atoms with Gasteiger partial charge in [0.1, 0.15) is 0 Å². The Morgan fingerprint density at radius 3 is 2.37 bits per heavy atom. The summed E-state index contributed by atoms with van der Waals surface area (Å²) in [6.07, 6.45) is 2.32. The lowest BCUT2D eigenvalue weighted by atomic mass is 10.0. The van der Waals surface area contributed by atoms with E-state index in [1.807, 2.05) is 25.5 Å². The average molecular weight is 268 g/mol. The summed E-state index contributed by atoms with van der Waals surface area (Å²) in [5, 5.41) is 14.8. The van der Waals surface area contributed by atoms with Crippen molar-refractivity contribution >= 4 is 0 Å². The van der Waals surface area contributed by atoms with Crippen molar-refractivity contribution in [1.82, 2.24) is 9.78 Å². The van der Waals surface area contributed by atoms with E-state index >= 15 is 0 Å². The minimum absolute atomic E-state index is 0.243. The number of hydrogen-bond donors (Lipinski definition) is 1. The Morgan fingerprint density at radius 2 is 1.89 bits per heavy atom. The zero-order valence-corrected chi connectivity index (χ0v) is 12.9. The van der Waals surface area contributed by atoms with Crippen LogP contribution in [0.1, 0.15) is 64.1 Å². The Labute approximate surface area is 116 Å². The highest BCUT2D eigenvalue weighted by atomic mass is 16.5. The Hall–Kier alpha value is -0.870. The van der Waals surface area contributed by atoms with Crippen LogP contribution in [0.5, 0.6) is 0 Å². The highest BCUT2D eigenvalue weighted by Crippen LogP contribution is 2.25. The van der Waals surface area contributed by atoms with Gasteiger partial charge in [0.05, 0.1) is 31.1 Å². The van der Waals surface area contributed by atoms with Crippen LogP contribution in [0.25, 0.3) is 0 Å². The molecule has 4 heteroatoms. The van der Waals surface area contributed by atoms with Crippen LogP contribution in [0.2, 0.25) is 0 Å². The lowest BCUT2D eigenvalue weighted by molar-refractivity contribution is 0.0704. The van der Waals surface area contributed by atoms with E-state index in [9.17, 15) is 5.11 Å². The van der Waals surface area contributed by atoms with Gasteiger partial charge in [0, 0.05) is 11.3 Å². The Kier molecular flexibility index (Phi) is 6.52. The number of aromatic nitrogens is 2. The van der Waals surface area contributed by atoms with E-state index < -0.39 is 6.10 Å². The van der Waals surface area contributed by atoms with E-state index in [4.69, 9.17) is 4.74 Å². The summed E-state index contributed by atoms with van der Waals surface area (Å²) >= 11 is 0. The zero-order chi connectivity index (χ0) is 14.4. The summed E-state index contributed by atoms with van der Waals surface area (Å²) < 4.78 is 7.60. The standard InChI is InChI=1S/C15H28N2O2/c1-6-12-15(14(18)8-3)13(7-2)17(16-12)9-10-19-11(4)5/h11,14,18H,6-10H2,1-5H3. The van der Waals surface area contributed by atoms with Crippen LogP contribution in [0.3, 0.4) is 0 Å². The largest absolute Gasteiger partial charge is 0.388 e. The maximum Gasteiger partial charge on any atom is 0.0823 e. The second-order valence-electron chi connectivity index (χ2n) is 5.08. The van der Waals surface area contributed by atoms with Gasteiger partial charge in [-0.2, -0.15) is 5.10 Å². The van der Waals surface area contributed by atoms with Gasteiger partial charge in [0.2, 0.25) is 0 Å². The number of rotatable bonds is 8. The SMILES string of the molecule is CCc1nn(CCOC(C)C)c(CC)c1C(O)CC. The first-order chi connectivity index (χ1) is 9.04. The van der Waals surface area contributed by atoms with Gasteiger partial charge >= 0.3 is 0 Å². The van der Waals surface area contributed by atoms with Crippen LogP contribution >= 0.6 is 0 Å². The summed E-state index contributed by atoms with van der Waals surface area (Å²) in [6.45, 7) is 11.7. The summed E-state index contributed by atoms with van der Waals surface area (Å²) in [5.74, 6) is 0. The Morgan fingerprint density at radius 1 is 1.21 bits per heavy atom. The van der Waals surface area contributed by atoms with Gasteiger partial charge < -0.3 is 9.84 Å². The van der Waals surface area contributed by atoms with Crippen LogP contribution in [0.4, 0.5) is 0 Å². The number of aryl methyl sites for hydroxylation is 1. The van der Waals surface area contributed by atoms with E-state index in [0.717, 1.165) is 42.8 Å². The van der Waals surface area contributed by atoms with Gasteiger partial charge in [0.15, 0.2) is 0 Å². The van der Waals surface area contributed by atoms with Gasteiger partial charge in [-0.3, -0.25) is 4.68 Å². The predicted molar refractivity (Wildman–Crippen MR) is 77.3 cm³/mol. The highest BCUT2D eigenvalue weighted by Gasteiger charge is 2.20. The average Bonchev–Trinajstić information content (AvgIpc) is 2.75. The first kappa shape index (κ1) is 16.2. The first-order valence-electron chi connectivity index (χ1n) is 7.43. The molecule has 0 saturated carbocycles. The van der Waals surface area contributed by atoms with Crippen molar-refractivity contribution in [2.45, 2.75) is 72.6 Å². The molecule has 1 heterocycles. The van der Waals surface area contributed by atoms with Gasteiger partial charge in [-0.15, -0.1) is 0 Å². The molecule has 0 aliphatic rings. The summed E-state index contributed by atoms with van der Waals surface area (Å²) in [7, 11) is 0. The second kappa shape index (κ2) is 7.65. The molecule has 110 valence electrons. The molecule has 1 aromatic rings. The fourth-order valence-corrected chi connectivity index (χ4v) is 2.35. The maximum absolute atomic E-state index is 10.2. The number of nitrogens with zero attached hydrogens (tertiary/aromatic N) is 2. The molecule has 0 spiro atoms. The Bertz CT molecular complexity index is 386. The van der Waals surface area contributed by atoms with Crippen molar-refractivity contribution in [3.8, 4) is 0 Å². The van der Waals surface area contributed by atoms with Crippen molar-refractivity contribution in [3.05, 3.63) is 17.0 Å². The van der Waals surface area contributed by atoms with E-state index in [1.54, 1.807) is 0 Å². The van der Waals surface area contributed by atoms with Crippen LogP contribution in [-0.2, 0) is 24.1 Å². The van der Waals surface area contributed by atoms with Crippen LogP contribution in [0, 0.1) is 0 Å². The molecule has 0 bridgehead atoms. The van der Waals surface area contributed by atoms with Gasteiger partial charge in [-0.1, -0.05) is 20.8 Å². The van der Waals surface area contributed by atoms with E-state index in [0.29, 0.717) is 6.61 Å². The molecule has 1 rings (SSSR count). The third kappa shape index (κ3) is 4.05. The summed E-state index contributed by atoms with van der Waals surface area (Å²) in [5.41, 5.74) is 3.21. The molecular weight excluding hydrogens is 240 g/mol. The number of aliphatic hydroxyl groups is 1. The van der Waals surface area contributed by atoms with Gasteiger partial charge in [-0.05, 0) is 33.1 Å². The number of aliphatic hydroxyl groups excluding tert-OH is 1. The molecule has 0 aliphatic heterocycles. The molecule has 1 unspecified atom stereocenters. The molecule has 0 aromatic carbocycles. The van der Waals surface area contributed by atoms with Crippen LogP contribution < -0.4 is 0 Å². The monoisotopic (exact) mass is 268 g/mol. The molecule has 0 radical (unpaired) electrons.